The lowest BCUT2D eigenvalue weighted by Crippen LogP contribution is -2.62. The Hall–Kier alpha value is -7.96. The van der Waals surface area contributed by atoms with Crippen LogP contribution in [0.15, 0.2) is 30.5 Å². The van der Waals surface area contributed by atoms with Gasteiger partial charge < -0.3 is 105 Å². The van der Waals surface area contributed by atoms with Crippen LogP contribution in [0.2, 0.25) is 0 Å². The Morgan fingerprint density at radius 2 is 1.31 bits per heavy atom. The summed E-state index contributed by atoms with van der Waals surface area (Å²) in [5.41, 5.74) is 18.3. The zero-order valence-electron chi connectivity index (χ0n) is 53.9. The van der Waals surface area contributed by atoms with Crippen molar-refractivity contribution in [1.82, 2.24) is 73.5 Å². The van der Waals surface area contributed by atoms with Gasteiger partial charge in [-0.25, -0.2) is 4.79 Å². The van der Waals surface area contributed by atoms with Gasteiger partial charge in [-0.05, 0) is 108 Å². The summed E-state index contributed by atoms with van der Waals surface area (Å²) >= 11 is 1.86. The predicted molar refractivity (Wildman–Crippen MR) is 347 cm³/mol. The standard InChI is InChI=1S/C60H98N18O16S/c1-36(79)50-58(90)70-43(13-8-21-67-59(63)64)54(86)68-41(53(85)66-23-10-26-93-28-30-94-29-27-92-25-9-22-65-48(81)15-3-2-14-47-51-46(35-95-47)73-60(91)75-51)12-5-7-24-78-34-38(76-77-78)32-40(62)52(84)71-44(31-37-16-18-39(80)19-17-37)56(88)72-45(33-49(82)83)57(89)69-42(55(87)74-50)11-4-6-20-61/h16-19,34,36,40-47,50-51,79-80H,2-15,20-33,35,61-62H2,1H3,(H,65,81)(H,66,85)(H,68,86)(H,69,89)(H,70,90)(H,71,84)(H,72,88)(H,74,87)(H,82,83)(H4,63,64,67)(H2,73,75,91)/t36?,40-,41-,42-,43-,44-,45-,46+,47+,50?,51+/m0/s1. The van der Waals surface area contributed by atoms with Gasteiger partial charge in [0.2, 0.25) is 47.3 Å². The fraction of sp³-hybridized carbons (Fsp3) is 0.683. The number of carboxylic acids is 1. The minimum absolute atomic E-state index is 0.00102. The highest BCUT2D eigenvalue weighted by atomic mass is 32.2. The summed E-state index contributed by atoms with van der Waals surface area (Å²) in [5, 5.41) is 76.7. The number of ether oxygens (including phenoxy) is 3. The molecule has 3 aliphatic heterocycles. The van der Waals surface area contributed by atoms with Gasteiger partial charge in [-0.2, -0.15) is 11.8 Å². The number of nitrogens with zero attached hydrogens (tertiary/aromatic N) is 3. The number of nitrogens with two attached hydrogens (primary N) is 3. The van der Waals surface area contributed by atoms with E-state index in [0.717, 1.165) is 25.0 Å². The number of aliphatic hydroxyl groups is 1. The van der Waals surface area contributed by atoms with E-state index in [4.69, 9.17) is 36.8 Å². The van der Waals surface area contributed by atoms with Crippen molar-refractivity contribution in [3.05, 3.63) is 41.7 Å². The van der Waals surface area contributed by atoms with Crippen LogP contribution < -0.4 is 75.7 Å². The van der Waals surface area contributed by atoms with E-state index in [1.165, 1.54) is 35.9 Å². The molecule has 0 aliphatic carbocycles. The third kappa shape index (κ3) is 29.3. The lowest BCUT2D eigenvalue weighted by atomic mass is 10.0. The number of guanidine groups is 1. The Morgan fingerprint density at radius 3 is 1.98 bits per heavy atom. The number of aliphatic hydroxyl groups excluding tert-OH is 1. The molecule has 35 heteroatoms. The van der Waals surface area contributed by atoms with Gasteiger partial charge in [-0.15, -0.1) is 5.10 Å². The van der Waals surface area contributed by atoms with Crippen molar-refractivity contribution < 1.29 is 77.5 Å². The van der Waals surface area contributed by atoms with Gasteiger partial charge in [0.1, 0.15) is 42.0 Å². The lowest BCUT2D eigenvalue weighted by molar-refractivity contribution is -0.141. The van der Waals surface area contributed by atoms with E-state index in [2.05, 4.69) is 68.8 Å². The summed E-state index contributed by atoms with van der Waals surface area (Å²) in [6, 6.07) is -4.62. The zero-order chi connectivity index (χ0) is 69.1. The third-order valence-electron chi connectivity index (χ3n) is 15.8. The highest BCUT2D eigenvalue weighted by Gasteiger charge is 2.43. The fourth-order valence-electron chi connectivity index (χ4n) is 10.6. The monoisotopic (exact) mass is 1360 g/mol. The molecule has 0 spiro atoms. The first-order chi connectivity index (χ1) is 45.6. The number of benzene rings is 1. The van der Waals surface area contributed by atoms with Crippen LogP contribution in [0.1, 0.15) is 114 Å². The molecule has 530 valence electrons. The highest BCUT2D eigenvalue weighted by Crippen LogP contribution is 2.33. The van der Waals surface area contributed by atoms with Crippen LogP contribution in [0.3, 0.4) is 0 Å². The number of phenols is 1. The van der Waals surface area contributed by atoms with Crippen molar-refractivity contribution in [3.63, 3.8) is 0 Å². The number of hydrogen-bond donors (Lipinski definition) is 18. The molecule has 0 saturated carbocycles. The normalized spacial score (nSPS) is 23.8. The Bertz CT molecular complexity index is 2800. The Kier molecular flexibility index (Phi) is 34.8. The Labute approximate surface area is 555 Å². The molecule has 1 aromatic carbocycles. The molecule has 4 heterocycles. The number of fused-ring (bicyclic) bond motifs is 3. The van der Waals surface area contributed by atoms with Crippen LogP contribution in [-0.4, -0.2) is 233 Å². The number of unbranched alkanes of at least 4 members (excludes halogenated alkanes) is 2. The van der Waals surface area contributed by atoms with Crippen LogP contribution in [-0.2, 0) is 76.7 Å². The second-order valence-corrected chi connectivity index (χ2v) is 24.9. The maximum atomic E-state index is 14.4. The number of nitrogens with one attached hydrogen (secondary N) is 12. The molecule has 3 aliphatic rings. The maximum Gasteiger partial charge on any atom is 0.315 e. The number of urea groups is 1. The lowest BCUT2D eigenvalue weighted by Gasteiger charge is -2.28. The minimum atomic E-state index is -1.86. The van der Waals surface area contributed by atoms with Crippen molar-refractivity contribution in [2.75, 3.05) is 71.6 Å². The highest BCUT2D eigenvalue weighted by molar-refractivity contribution is 8.00. The molecule has 1 aromatic heterocycles. The number of aromatic hydroxyl groups is 1. The Balaban J connectivity index is 1.19. The molecule has 5 rings (SSSR count). The van der Waals surface area contributed by atoms with Crippen molar-refractivity contribution in [2.45, 2.75) is 188 Å². The molecule has 0 radical (unpaired) electrons. The number of rotatable bonds is 33. The van der Waals surface area contributed by atoms with Crippen LogP contribution in [0, 0.1) is 5.41 Å². The summed E-state index contributed by atoms with van der Waals surface area (Å²) in [4.78, 5) is 135. The first-order valence-electron chi connectivity index (χ1n) is 32.5. The van der Waals surface area contributed by atoms with Crippen LogP contribution in [0.4, 0.5) is 4.79 Å². The molecule has 2 saturated heterocycles. The van der Waals surface area contributed by atoms with Gasteiger partial charge in [0.15, 0.2) is 5.96 Å². The molecule has 2 bridgehead atoms. The second kappa shape index (κ2) is 42.5. The minimum Gasteiger partial charge on any atom is -0.508 e. The number of aliphatic carboxylic acids is 1. The summed E-state index contributed by atoms with van der Waals surface area (Å²) in [6.45, 7) is 4.30. The quantitative estimate of drug-likeness (QED) is 0.0141. The molecule has 2 unspecified atom stereocenters. The molecule has 34 nitrogen and oxygen atoms in total. The molecule has 21 N–H and O–H groups in total. The van der Waals surface area contributed by atoms with Crippen LogP contribution >= 0.6 is 11.8 Å². The van der Waals surface area contributed by atoms with E-state index < -0.39 is 102 Å². The van der Waals surface area contributed by atoms with E-state index in [1.807, 2.05) is 11.8 Å². The van der Waals surface area contributed by atoms with E-state index in [9.17, 15) is 63.3 Å². The molecule has 10 amide bonds. The number of aryl methyl sites for hydroxylation is 1. The summed E-state index contributed by atoms with van der Waals surface area (Å²) < 4.78 is 18.5. The number of hydrogen-bond acceptors (Lipinski definition) is 21. The predicted octanol–water partition coefficient (Wildman–Crippen LogP) is -3.78. The molecule has 95 heavy (non-hydrogen) atoms. The van der Waals surface area contributed by atoms with Gasteiger partial charge in [0.25, 0.3) is 0 Å². The average Bonchev–Trinajstić information content (AvgIpc) is 1.70. The molecule has 11 atom stereocenters. The van der Waals surface area contributed by atoms with Gasteiger partial charge in [0, 0.05) is 75.9 Å². The van der Waals surface area contributed by atoms with E-state index in [1.54, 1.807) is 6.20 Å². The number of phenolic OH excluding ortho intramolecular Hbond substituents is 1. The van der Waals surface area contributed by atoms with Crippen molar-refractivity contribution >= 4 is 77.0 Å². The number of thioether (sulfide) groups is 1. The largest absolute Gasteiger partial charge is 0.508 e. The number of carbonyl (C=O) groups is 10. The molecular formula is C60H98N18O16S. The average molecular weight is 1360 g/mol. The van der Waals surface area contributed by atoms with Gasteiger partial charge in [0.05, 0.1) is 62.8 Å². The zero-order valence-corrected chi connectivity index (χ0v) is 54.7. The van der Waals surface area contributed by atoms with Crippen LogP contribution in [0.5, 0.6) is 5.75 Å². The molecular weight excluding hydrogens is 1260 g/mol. The fourth-order valence-corrected chi connectivity index (χ4v) is 12.1. The SMILES string of the molecule is CC(O)C1NC(=O)[C@H](CCCCN)NC(=O)[C@H](CC(=O)O)NC(=O)[C@H](Cc2ccc(O)cc2)NC(=O)[C@@H](N)Cc2cn(nn2)CCCC[C@@H](C(=O)NCCCOCCOCCOCCCNC(=O)CCCC[C@H]2SC[C@H]3NC(=O)N[C@H]32)NC(=O)[C@H](CCCNC(=N)N)NC1=O. The first-order valence-corrected chi connectivity index (χ1v) is 33.5. The van der Waals surface area contributed by atoms with Crippen molar-refractivity contribution in [3.8, 4) is 5.75 Å². The van der Waals surface area contributed by atoms with Gasteiger partial charge in [-0.3, -0.25) is 53.2 Å². The van der Waals surface area contributed by atoms with Crippen molar-refractivity contribution in [1.29, 1.82) is 5.41 Å². The second-order valence-electron chi connectivity index (χ2n) is 23.6. The molecule has 2 aromatic rings. The third-order valence-corrected chi connectivity index (χ3v) is 17.3. The number of amides is 10. The maximum absolute atomic E-state index is 14.4. The first kappa shape index (κ1) is 77.7. The van der Waals surface area contributed by atoms with Crippen LogP contribution in [0.25, 0.3) is 0 Å². The van der Waals surface area contributed by atoms with Crippen molar-refractivity contribution in [2.24, 2.45) is 17.2 Å². The summed E-state index contributed by atoms with van der Waals surface area (Å²) in [7, 11) is 0. The van der Waals surface area contributed by atoms with E-state index >= 15 is 0 Å². The van der Waals surface area contributed by atoms with E-state index in [0.29, 0.717) is 81.4 Å². The van der Waals surface area contributed by atoms with E-state index in [-0.39, 0.29) is 127 Å². The number of carboxylic acid groups (broad SMARTS) is 1. The van der Waals surface area contributed by atoms with Gasteiger partial charge >= 0.3 is 12.0 Å². The number of carbonyl (C=O) groups excluding carboxylic acids is 9. The molecule has 2 fully saturated rings. The summed E-state index contributed by atoms with van der Waals surface area (Å²) in [6.07, 6.45) is 3.99. The number of aromatic nitrogens is 3. The Morgan fingerprint density at radius 1 is 0.705 bits per heavy atom. The topological polar surface area (TPSA) is 524 Å². The smallest absolute Gasteiger partial charge is 0.315 e. The van der Waals surface area contributed by atoms with Gasteiger partial charge in [-0.1, -0.05) is 23.8 Å². The summed E-state index contributed by atoms with van der Waals surface area (Å²) in [5.74, 6) is -7.50.